The van der Waals surface area contributed by atoms with E-state index in [9.17, 15) is 5.11 Å². The SMILES string of the molecule is CCNC(=NCC(O)c1cc(OC)ccc1OC)N1CCC(CC(C)C)C1.I. The second-order valence-electron chi connectivity index (χ2n) is 7.55. The molecule has 1 aliphatic heterocycles. The molecule has 160 valence electrons. The highest BCUT2D eigenvalue weighted by molar-refractivity contribution is 14.0. The highest BCUT2D eigenvalue weighted by atomic mass is 127. The number of rotatable bonds is 8. The average molecular weight is 505 g/mol. The topological polar surface area (TPSA) is 66.3 Å². The molecule has 7 heteroatoms. The second-order valence-corrected chi connectivity index (χ2v) is 7.55. The fourth-order valence-corrected chi connectivity index (χ4v) is 3.68. The second kappa shape index (κ2) is 12.4. The van der Waals surface area contributed by atoms with Gasteiger partial charge in [-0.05, 0) is 49.8 Å². The van der Waals surface area contributed by atoms with Crippen LogP contribution in [-0.4, -0.2) is 56.4 Å². The molecule has 2 rings (SSSR count). The lowest BCUT2D eigenvalue weighted by Gasteiger charge is -2.23. The molecule has 0 spiro atoms. The molecular weight excluding hydrogens is 469 g/mol. The molecule has 0 radical (unpaired) electrons. The molecule has 2 N–H and O–H groups in total. The van der Waals surface area contributed by atoms with Gasteiger partial charge in [0.25, 0.3) is 0 Å². The summed E-state index contributed by atoms with van der Waals surface area (Å²) in [5, 5.41) is 14.1. The van der Waals surface area contributed by atoms with Crippen LogP contribution in [0.1, 0.15) is 45.3 Å². The molecule has 1 fully saturated rings. The summed E-state index contributed by atoms with van der Waals surface area (Å²) in [5.74, 6) is 3.65. The minimum atomic E-state index is -0.752. The number of halogens is 1. The van der Waals surface area contributed by atoms with Gasteiger partial charge in [0.15, 0.2) is 5.96 Å². The minimum Gasteiger partial charge on any atom is -0.497 e. The lowest BCUT2D eigenvalue weighted by Crippen LogP contribution is -2.40. The standard InChI is InChI=1S/C21H35N3O3.HI/c1-6-22-21(24-10-9-16(14-24)11-15(2)3)23-13-19(25)18-12-17(26-4)7-8-20(18)27-5;/h7-8,12,15-16,19,25H,6,9-11,13-14H2,1-5H3,(H,22,23);1H. The van der Waals surface area contributed by atoms with Gasteiger partial charge in [-0.3, -0.25) is 4.99 Å². The molecule has 1 saturated heterocycles. The molecule has 6 nitrogen and oxygen atoms in total. The van der Waals surface area contributed by atoms with Crippen LogP contribution < -0.4 is 14.8 Å². The number of aliphatic imine (C=N–C) groups is 1. The quantitative estimate of drug-likeness (QED) is 0.321. The van der Waals surface area contributed by atoms with Crippen LogP contribution in [0.25, 0.3) is 0 Å². The summed E-state index contributed by atoms with van der Waals surface area (Å²) < 4.78 is 10.7. The lowest BCUT2D eigenvalue weighted by molar-refractivity contribution is 0.181. The van der Waals surface area contributed by atoms with Crippen molar-refractivity contribution in [2.24, 2.45) is 16.8 Å². The molecule has 1 aromatic carbocycles. The molecule has 1 aromatic rings. The Labute approximate surface area is 186 Å². The van der Waals surface area contributed by atoms with Crippen molar-refractivity contribution in [2.75, 3.05) is 40.4 Å². The average Bonchev–Trinajstić information content (AvgIpc) is 3.11. The maximum absolute atomic E-state index is 10.7. The molecule has 0 bridgehead atoms. The first-order chi connectivity index (χ1) is 13.0. The smallest absolute Gasteiger partial charge is 0.194 e. The molecular formula is C21H36IN3O3. The zero-order valence-corrected chi connectivity index (χ0v) is 20.1. The van der Waals surface area contributed by atoms with Crippen LogP contribution in [0.5, 0.6) is 11.5 Å². The summed E-state index contributed by atoms with van der Waals surface area (Å²) in [4.78, 5) is 7.01. The molecule has 0 saturated carbocycles. The number of nitrogens with one attached hydrogen (secondary N) is 1. The maximum atomic E-state index is 10.7. The number of methoxy groups -OCH3 is 2. The van der Waals surface area contributed by atoms with Gasteiger partial charge < -0.3 is 24.8 Å². The Hall–Kier alpha value is -1.22. The van der Waals surface area contributed by atoms with Gasteiger partial charge >= 0.3 is 0 Å². The largest absolute Gasteiger partial charge is 0.497 e. The van der Waals surface area contributed by atoms with Crippen molar-refractivity contribution >= 4 is 29.9 Å². The number of benzene rings is 1. The van der Waals surface area contributed by atoms with Gasteiger partial charge in [0.2, 0.25) is 0 Å². The number of aliphatic hydroxyl groups excluding tert-OH is 1. The fourth-order valence-electron chi connectivity index (χ4n) is 3.68. The van der Waals surface area contributed by atoms with Crippen LogP contribution in [-0.2, 0) is 0 Å². The van der Waals surface area contributed by atoms with E-state index in [4.69, 9.17) is 14.5 Å². The third kappa shape index (κ3) is 6.99. The Kier molecular flexibility index (Phi) is 11.0. The minimum absolute atomic E-state index is 0. The monoisotopic (exact) mass is 505 g/mol. The number of hydrogen-bond donors (Lipinski definition) is 2. The normalized spacial score (nSPS) is 18.0. The zero-order chi connectivity index (χ0) is 19.8. The van der Waals surface area contributed by atoms with Crippen LogP contribution >= 0.6 is 24.0 Å². The summed E-state index contributed by atoms with van der Waals surface area (Å²) in [6.45, 7) is 9.75. The van der Waals surface area contributed by atoms with E-state index in [1.807, 2.05) is 12.1 Å². The van der Waals surface area contributed by atoms with Crippen LogP contribution in [0.15, 0.2) is 23.2 Å². The van der Waals surface area contributed by atoms with Gasteiger partial charge in [0.05, 0.1) is 20.8 Å². The number of hydrogen-bond acceptors (Lipinski definition) is 4. The van der Waals surface area contributed by atoms with Crippen molar-refractivity contribution in [1.29, 1.82) is 0 Å². The summed E-state index contributed by atoms with van der Waals surface area (Å²) in [6.07, 6.45) is 1.70. The van der Waals surface area contributed by atoms with E-state index in [0.717, 1.165) is 37.4 Å². The maximum Gasteiger partial charge on any atom is 0.194 e. The van der Waals surface area contributed by atoms with Crippen molar-refractivity contribution in [1.82, 2.24) is 10.2 Å². The van der Waals surface area contributed by atoms with Gasteiger partial charge in [-0.15, -0.1) is 24.0 Å². The first-order valence-corrected chi connectivity index (χ1v) is 9.91. The van der Waals surface area contributed by atoms with E-state index in [2.05, 4.69) is 31.0 Å². The van der Waals surface area contributed by atoms with E-state index in [0.29, 0.717) is 17.1 Å². The van der Waals surface area contributed by atoms with Crippen LogP contribution in [0.4, 0.5) is 0 Å². The summed E-state index contributed by atoms with van der Waals surface area (Å²) in [7, 11) is 3.21. The number of likely N-dealkylation sites (tertiary alicyclic amines) is 1. The Morgan fingerprint density at radius 3 is 2.68 bits per heavy atom. The van der Waals surface area contributed by atoms with E-state index >= 15 is 0 Å². The zero-order valence-electron chi connectivity index (χ0n) is 17.8. The van der Waals surface area contributed by atoms with E-state index in [-0.39, 0.29) is 30.5 Å². The number of ether oxygens (including phenoxy) is 2. The molecule has 1 heterocycles. The Balaban J connectivity index is 0.00000392. The molecule has 0 aliphatic carbocycles. The van der Waals surface area contributed by atoms with Crippen LogP contribution in [0.3, 0.4) is 0 Å². The highest BCUT2D eigenvalue weighted by Gasteiger charge is 2.25. The van der Waals surface area contributed by atoms with Gasteiger partial charge in [0, 0.05) is 25.2 Å². The molecule has 0 aromatic heterocycles. The van der Waals surface area contributed by atoms with Gasteiger partial charge in [0.1, 0.15) is 17.6 Å². The first kappa shape index (κ1) is 24.8. The molecule has 1 aliphatic rings. The van der Waals surface area contributed by atoms with Crippen molar-refractivity contribution in [3.63, 3.8) is 0 Å². The van der Waals surface area contributed by atoms with Crippen LogP contribution in [0, 0.1) is 11.8 Å². The van der Waals surface area contributed by atoms with Gasteiger partial charge in [-0.1, -0.05) is 13.8 Å². The Bertz CT molecular complexity index is 625. The van der Waals surface area contributed by atoms with E-state index in [1.54, 1.807) is 20.3 Å². The lowest BCUT2D eigenvalue weighted by atomic mass is 9.97. The Morgan fingerprint density at radius 1 is 1.32 bits per heavy atom. The molecule has 2 unspecified atom stereocenters. The van der Waals surface area contributed by atoms with E-state index in [1.165, 1.54) is 12.8 Å². The fraction of sp³-hybridized carbons (Fsp3) is 0.667. The third-order valence-electron chi connectivity index (χ3n) is 4.93. The van der Waals surface area contributed by atoms with Gasteiger partial charge in [-0.25, -0.2) is 0 Å². The van der Waals surface area contributed by atoms with E-state index < -0.39 is 6.10 Å². The number of aliphatic hydroxyl groups is 1. The highest BCUT2D eigenvalue weighted by Crippen LogP contribution is 2.30. The van der Waals surface area contributed by atoms with Crippen molar-refractivity contribution in [3.8, 4) is 11.5 Å². The third-order valence-corrected chi connectivity index (χ3v) is 4.93. The molecule has 28 heavy (non-hydrogen) atoms. The van der Waals surface area contributed by atoms with Crippen molar-refractivity contribution in [3.05, 3.63) is 23.8 Å². The predicted octanol–water partition coefficient (Wildman–Crippen LogP) is 3.69. The Morgan fingerprint density at radius 2 is 2.07 bits per heavy atom. The summed E-state index contributed by atoms with van der Waals surface area (Å²) in [5.41, 5.74) is 0.690. The molecule has 2 atom stereocenters. The number of nitrogens with zero attached hydrogens (tertiary/aromatic N) is 2. The van der Waals surface area contributed by atoms with Gasteiger partial charge in [-0.2, -0.15) is 0 Å². The number of guanidine groups is 1. The first-order valence-electron chi connectivity index (χ1n) is 9.91. The summed E-state index contributed by atoms with van der Waals surface area (Å²) in [6, 6.07) is 5.44. The summed E-state index contributed by atoms with van der Waals surface area (Å²) >= 11 is 0. The van der Waals surface area contributed by atoms with Crippen molar-refractivity contribution < 1.29 is 14.6 Å². The van der Waals surface area contributed by atoms with Crippen LogP contribution in [0.2, 0.25) is 0 Å². The predicted molar refractivity (Wildman–Crippen MR) is 125 cm³/mol. The molecule has 0 amide bonds. The van der Waals surface area contributed by atoms with Crippen molar-refractivity contribution in [2.45, 2.75) is 39.7 Å².